The Bertz CT molecular complexity index is 680. The molecule has 1 aromatic heterocycles. The second-order valence-corrected chi connectivity index (χ2v) is 4.63. The van der Waals surface area contributed by atoms with Crippen molar-refractivity contribution in [1.29, 1.82) is 0 Å². The van der Waals surface area contributed by atoms with E-state index in [1.54, 1.807) is 12.1 Å². The number of hydrogen-bond donors (Lipinski definition) is 2. The van der Waals surface area contributed by atoms with E-state index in [9.17, 15) is 9.59 Å². The van der Waals surface area contributed by atoms with E-state index in [1.807, 2.05) is 12.1 Å². The van der Waals surface area contributed by atoms with Crippen molar-refractivity contribution in [2.24, 2.45) is 0 Å². The third-order valence-electron chi connectivity index (χ3n) is 3.51. The van der Waals surface area contributed by atoms with Gasteiger partial charge < -0.3 is 10.3 Å². The van der Waals surface area contributed by atoms with Gasteiger partial charge in [0.05, 0.1) is 10.9 Å². The number of para-hydroxylation sites is 1. The molecule has 2 N–H and O–H groups in total. The fourth-order valence-electron chi connectivity index (χ4n) is 2.57. The number of H-pyrrole nitrogens is 1. The molecule has 18 heavy (non-hydrogen) atoms. The van der Waals surface area contributed by atoms with E-state index in [1.165, 1.54) is 4.57 Å². The molecule has 0 amide bonds. The number of aromatic amines is 1. The van der Waals surface area contributed by atoms with Crippen molar-refractivity contribution in [3.63, 3.8) is 0 Å². The van der Waals surface area contributed by atoms with Gasteiger partial charge in [-0.05, 0) is 38.1 Å². The van der Waals surface area contributed by atoms with Crippen LogP contribution in [0.4, 0.5) is 0 Å². The first-order valence-corrected chi connectivity index (χ1v) is 6.21. The van der Waals surface area contributed by atoms with E-state index in [-0.39, 0.29) is 17.3 Å². The predicted molar refractivity (Wildman–Crippen MR) is 70.0 cm³/mol. The van der Waals surface area contributed by atoms with Gasteiger partial charge in [0.15, 0.2) is 0 Å². The number of piperidine rings is 1. The molecular formula is C13H15N3O2. The summed E-state index contributed by atoms with van der Waals surface area (Å²) in [6, 6.07) is 7.14. The van der Waals surface area contributed by atoms with Crippen LogP contribution in [0.5, 0.6) is 0 Å². The van der Waals surface area contributed by atoms with E-state index in [0.29, 0.717) is 10.9 Å². The molecule has 0 spiro atoms. The molecule has 0 unspecified atom stereocenters. The monoisotopic (exact) mass is 245 g/mol. The summed E-state index contributed by atoms with van der Waals surface area (Å²) in [4.78, 5) is 27.2. The summed E-state index contributed by atoms with van der Waals surface area (Å²) in [6.07, 6.45) is 1.64. The fraction of sp³-hybridized carbons (Fsp3) is 0.385. The molecule has 1 aliphatic heterocycles. The topological polar surface area (TPSA) is 66.9 Å². The van der Waals surface area contributed by atoms with E-state index < -0.39 is 0 Å². The van der Waals surface area contributed by atoms with E-state index in [4.69, 9.17) is 0 Å². The summed E-state index contributed by atoms with van der Waals surface area (Å²) in [7, 11) is 0. The molecule has 0 bridgehead atoms. The summed E-state index contributed by atoms with van der Waals surface area (Å²) >= 11 is 0. The van der Waals surface area contributed by atoms with Gasteiger partial charge in [-0.15, -0.1) is 0 Å². The molecule has 5 heteroatoms. The van der Waals surface area contributed by atoms with Crippen LogP contribution in [0.15, 0.2) is 33.9 Å². The van der Waals surface area contributed by atoms with Crippen molar-refractivity contribution in [1.82, 2.24) is 14.9 Å². The van der Waals surface area contributed by atoms with Crippen LogP contribution in [0.25, 0.3) is 10.9 Å². The van der Waals surface area contributed by atoms with Gasteiger partial charge in [0.2, 0.25) is 0 Å². The second kappa shape index (κ2) is 4.42. The predicted octanol–water partition coefficient (Wildman–Crippen LogP) is 0.614. The number of aromatic nitrogens is 2. The smallest absolute Gasteiger partial charge is 0.317 e. The Labute approximate surface area is 103 Å². The molecule has 0 saturated carbocycles. The molecule has 0 aliphatic carbocycles. The zero-order valence-corrected chi connectivity index (χ0v) is 9.98. The quantitative estimate of drug-likeness (QED) is 0.773. The minimum atomic E-state index is -0.300. The third kappa shape index (κ3) is 1.76. The summed E-state index contributed by atoms with van der Waals surface area (Å²) in [5.74, 6) is 0. The lowest BCUT2D eigenvalue weighted by molar-refractivity contribution is 0.352. The van der Waals surface area contributed by atoms with Gasteiger partial charge in [-0.3, -0.25) is 9.36 Å². The Morgan fingerprint density at radius 3 is 2.61 bits per heavy atom. The molecule has 2 heterocycles. The highest BCUT2D eigenvalue weighted by molar-refractivity contribution is 5.76. The Balaban J connectivity index is 2.22. The lowest BCUT2D eigenvalue weighted by Crippen LogP contribution is -2.42. The van der Waals surface area contributed by atoms with Gasteiger partial charge in [0, 0.05) is 6.04 Å². The van der Waals surface area contributed by atoms with Crippen LogP contribution < -0.4 is 16.6 Å². The third-order valence-corrected chi connectivity index (χ3v) is 3.51. The molecule has 2 aromatic rings. The van der Waals surface area contributed by atoms with Crippen LogP contribution in [0.2, 0.25) is 0 Å². The largest absolute Gasteiger partial charge is 0.329 e. The second-order valence-electron chi connectivity index (χ2n) is 4.63. The average Bonchev–Trinajstić information content (AvgIpc) is 2.40. The maximum Gasteiger partial charge on any atom is 0.329 e. The Morgan fingerprint density at radius 2 is 1.83 bits per heavy atom. The lowest BCUT2D eigenvalue weighted by atomic mass is 10.1. The minimum absolute atomic E-state index is 0.00658. The Morgan fingerprint density at radius 1 is 1.11 bits per heavy atom. The van der Waals surface area contributed by atoms with Gasteiger partial charge in [-0.2, -0.15) is 0 Å². The number of hydrogen-bond acceptors (Lipinski definition) is 3. The first kappa shape index (κ1) is 11.2. The summed E-state index contributed by atoms with van der Waals surface area (Å²) in [5, 5.41) is 3.81. The fourth-order valence-corrected chi connectivity index (χ4v) is 2.57. The average molecular weight is 245 g/mol. The molecular weight excluding hydrogens is 230 g/mol. The van der Waals surface area contributed by atoms with E-state index in [0.717, 1.165) is 25.9 Å². The first-order chi connectivity index (χ1) is 8.77. The van der Waals surface area contributed by atoms with Crippen LogP contribution in [-0.4, -0.2) is 22.6 Å². The van der Waals surface area contributed by atoms with E-state index >= 15 is 0 Å². The van der Waals surface area contributed by atoms with Crippen molar-refractivity contribution >= 4 is 10.9 Å². The SMILES string of the molecule is O=c1[nH]c2ccccc2c(=O)n1C1CCNCC1. The van der Waals surface area contributed by atoms with Crippen molar-refractivity contribution < 1.29 is 0 Å². The summed E-state index contributed by atoms with van der Waals surface area (Å²) in [6.45, 7) is 1.70. The standard InChI is InChI=1S/C13H15N3O2/c17-12-10-3-1-2-4-11(10)15-13(18)16(12)9-5-7-14-8-6-9/h1-4,9,14H,5-8H2,(H,15,18). The first-order valence-electron chi connectivity index (χ1n) is 6.21. The molecule has 1 saturated heterocycles. The Hall–Kier alpha value is -1.88. The zero-order chi connectivity index (χ0) is 12.5. The molecule has 1 aliphatic rings. The lowest BCUT2D eigenvalue weighted by Gasteiger charge is -2.23. The number of nitrogens with one attached hydrogen (secondary N) is 2. The summed E-state index contributed by atoms with van der Waals surface area (Å²) in [5.41, 5.74) is 0.129. The molecule has 0 atom stereocenters. The number of benzene rings is 1. The van der Waals surface area contributed by atoms with Crippen molar-refractivity contribution in [3.8, 4) is 0 Å². The van der Waals surface area contributed by atoms with Crippen LogP contribution in [0.3, 0.4) is 0 Å². The highest BCUT2D eigenvalue weighted by Crippen LogP contribution is 2.15. The van der Waals surface area contributed by atoms with E-state index in [2.05, 4.69) is 10.3 Å². The molecule has 5 nitrogen and oxygen atoms in total. The molecule has 1 aromatic carbocycles. The van der Waals surface area contributed by atoms with Crippen LogP contribution in [0.1, 0.15) is 18.9 Å². The molecule has 0 radical (unpaired) electrons. The van der Waals surface area contributed by atoms with Crippen LogP contribution >= 0.6 is 0 Å². The highest BCUT2D eigenvalue weighted by Gasteiger charge is 2.19. The molecule has 3 rings (SSSR count). The number of rotatable bonds is 1. The van der Waals surface area contributed by atoms with Gasteiger partial charge in [-0.25, -0.2) is 4.79 Å². The van der Waals surface area contributed by atoms with Gasteiger partial charge >= 0.3 is 5.69 Å². The molecule has 1 fully saturated rings. The molecule has 94 valence electrons. The maximum absolute atomic E-state index is 12.4. The van der Waals surface area contributed by atoms with Crippen molar-refractivity contribution in [3.05, 3.63) is 45.1 Å². The normalized spacial score (nSPS) is 17.1. The maximum atomic E-state index is 12.4. The number of nitrogens with zero attached hydrogens (tertiary/aromatic N) is 1. The van der Waals surface area contributed by atoms with Crippen molar-refractivity contribution in [2.75, 3.05) is 13.1 Å². The van der Waals surface area contributed by atoms with Crippen LogP contribution in [0, 0.1) is 0 Å². The van der Waals surface area contributed by atoms with Gasteiger partial charge in [0.25, 0.3) is 5.56 Å². The van der Waals surface area contributed by atoms with Gasteiger partial charge in [-0.1, -0.05) is 12.1 Å². The zero-order valence-electron chi connectivity index (χ0n) is 9.98. The minimum Gasteiger partial charge on any atom is -0.317 e. The van der Waals surface area contributed by atoms with Crippen LogP contribution in [-0.2, 0) is 0 Å². The highest BCUT2D eigenvalue weighted by atomic mass is 16.2. The van der Waals surface area contributed by atoms with Crippen molar-refractivity contribution in [2.45, 2.75) is 18.9 Å². The number of fused-ring (bicyclic) bond motifs is 1. The summed E-state index contributed by atoms with van der Waals surface area (Å²) < 4.78 is 1.38. The Kier molecular flexibility index (Phi) is 2.76. The van der Waals surface area contributed by atoms with Gasteiger partial charge in [0.1, 0.15) is 0 Å².